The lowest BCUT2D eigenvalue weighted by Gasteiger charge is -2.37. The Morgan fingerprint density at radius 1 is 1.19 bits per heavy atom. The van der Waals surface area contributed by atoms with Crippen LogP contribution in [0.1, 0.15) is 25.0 Å². The van der Waals surface area contributed by atoms with Crippen molar-refractivity contribution in [2.24, 2.45) is 0 Å². The Morgan fingerprint density at radius 3 is 2.56 bits per heavy atom. The van der Waals surface area contributed by atoms with Gasteiger partial charge in [0.1, 0.15) is 6.33 Å². The summed E-state index contributed by atoms with van der Waals surface area (Å²) < 4.78 is 41.8. The van der Waals surface area contributed by atoms with Gasteiger partial charge in [0.25, 0.3) is 0 Å². The van der Waals surface area contributed by atoms with E-state index in [-0.39, 0.29) is 18.8 Å². The summed E-state index contributed by atoms with van der Waals surface area (Å²) in [5.74, 6) is 0.364. The zero-order valence-electron chi connectivity index (χ0n) is 19.2. The Kier molecular flexibility index (Phi) is 6.48. The third kappa shape index (κ3) is 4.50. The van der Waals surface area contributed by atoms with Crippen molar-refractivity contribution < 1.29 is 22.8 Å². The number of amides is 4. The summed E-state index contributed by atoms with van der Waals surface area (Å²) in [5, 5.41) is 19.7. The summed E-state index contributed by atoms with van der Waals surface area (Å²) in [7, 11) is 0. The van der Waals surface area contributed by atoms with Gasteiger partial charge in [-0.15, -0.1) is 10.2 Å². The highest BCUT2D eigenvalue weighted by Gasteiger charge is 2.38. The standard InChI is InChI=1S/C24H20F3N7O2/c1-3-29-22(35)32-13-20(33-14-30-31-21(33)17-9-7-16(12-28)8-10-17)15(2)34(23(32)36)19-6-4-5-18(11-19)24(25,26)27/h4-11,14H,3,13H2,1-2H3,(H,29,35). The minimum absolute atomic E-state index is 0.0492. The monoisotopic (exact) mass is 495 g/mol. The number of hydrogen-bond acceptors (Lipinski definition) is 5. The van der Waals surface area contributed by atoms with Crippen molar-refractivity contribution in [3.8, 4) is 17.5 Å². The number of halogens is 3. The molecular formula is C24H20F3N7O2. The fourth-order valence-electron chi connectivity index (χ4n) is 3.83. The number of rotatable bonds is 4. The lowest BCUT2D eigenvalue weighted by Crippen LogP contribution is -2.54. The Morgan fingerprint density at radius 2 is 1.92 bits per heavy atom. The third-order valence-electron chi connectivity index (χ3n) is 5.60. The number of nitriles is 1. The SMILES string of the molecule is CCNC(=O)N1CC(n2cnnc2-c2ccc(C#N)cc2)=C(C)N(c2cccc(C(F)(F)F)c2)C1=O. The maximum atomic E-state index is 13.4. The Labute approximate surface area is 204 Å². The molecule has 0 saturated heterocycles. The summed E-state index contributed by atoms with van der Waals surface area (Å²) in [4.78, 5) is 28.1. The second-order valence-corrected chi connectivity index (χ2v) is 7.83. The number of carbonyl (C=O) groups excluding carboxylic acids is 2. The van der Waals surface area contributed by atoms with E-state index < -0.39 is 23.8 Å². The first-order valence-electron chi connectivity index (χ1n) is 10.8. The van der Waals surface area contributed by atoms with Gasteiger partial charge in [0.2, 0.25) is 0 Å². The number of urea groups is 2. The maximum absolute atomic E-state index is 13.4. The molecule has 0 bridgehead atoms. The fourth-order valence-corrected chi connectivity index (χ4v) is 3.83. The molecule has 4 amide bonds. The Balaban J connectivity index is 1.87. The molecule has 0 radical (unpaired) electrons. The van der Waals surface area contributed by atoms with Crippen LogP contribution in [0, 0.1) is 11.3 Å². The molecule has 0 atom stereocenters. The first kappa shape index (κ1) is 24.5. The molecule has 0 fully saturated rings. The predicted molar refractivity (Wildman–Crippen MR) is 124 cm³/mol. The molecule has 36 heavy (non-hydrogen) atoms. The van der Waals surface area contributed by atoms with E-state index in [4.69, 9.17) is 5.26 Å². The van der Waals surface area contributed by atoms with Gasteiger partial charge in [-0.1, -0.05) is 6.07 Å². The van der Waals surface area contributed by atoms with Crippen LogP contribution < -0.4 is 10.2 Å². The summed E-state index contributed by atoms with van der Waals surface area (Å²) in [6.45, 7) is 3.33. The fraction of sp³-hybridized carbons (Fsp3) is 0.208. The van der Waals surface area contributed by atoms with Crippen LogP contribution in [0.25, 0.3) is 17.1 Å². The summed E-state index contributed by atoms with van der Waals surface area (Å²) >= 11 is 0. The number of imide groups is 1. The van der Waals surface area contributed by atoms with E-state index in [1.165, 1.54) is 18.5 Å². The number of nitrogens with zero attached hydrogens (tertiary/aromatic N) is 6. The minimum atomic E-state index is -4.62. The van der Waals surface area contributed by atoms with Gasteiger partial charge in [-0.3, -0.25) is 9.47 Å². The van der Waals surface area contributed by atoms with Gasteiger partial charge in [-0.05, 0) is 56.3 Å². The van der Waals surface area contributed by atoms with E-state index in [1.54, 1.807) is 42.7 Å². The molecule has 0 aliphatic carbocycles. The molecule has 0 unspecified atom stereocenters. The third-order valence-corrected chi connectivity index (χ3v) is 5.60. The van der Waals surface area contributed by atoms with Crippen LogP contribution in [-0.2, 0) is 6.18 Å². The van der Waals surface area contributed by atoms with E-state index in [0.29, 0.717) is 28.3 Å². The van der Waals surface area contributed by atoms with Crippen molar-refractivity contribution >= 4 is 23.4 Å². The van der Waals surface area contributed by atoms with Gasteiger partial charge in [0.15, 0.2) is 5.82 Å². The summed E-state index contributed by atoms with van der Waals surface area (Å²) in [5.41, 5.74) is 0.782. The van der Waals surface area contributed by atoms with Crippen LogP contribution in [0.3, 0.4) is 0 Å². The molecule has 12 heteroatoms. The molecule has 9 nitrogen and oxygen atoms in total. The van der Waals surface area contributed by atoms with Gasteiger partial charge in [-0.2, -0.15) is 18.4 Å². The number of aromatic nitrogens is 3. The first-order valence-corrected chi connectivity index (χ1v) is 10.8. The number of hydrogen-bond donors (Lipinski definition) is 1. The molecular weight excluding hydrogens is 475 g/mol. The highest BCUT2D eigenvalue weighted by Crippen LogP contribution is 2.36. The average Bonchev–Trinajstić information content (AvgIpc) is 3.34. The minimum Gasteiger partial charge on any atom is -0.338 e. The van der Waals surface area contributed by atoms with Crippen molar-refractivity contribution in [2.75, 3.05) is 18.0 Å². The van der Waals surface area contributed by atoms with E-state index in [0.717, 1.165) is 21.9 Å². The molecule has 2 aromatic carbocycles. The van der Waals surface area contributed by atoms with Crippen LogP contribution in [-0.4, -0.2) is 44.8 Å². The van der Waals surface area contributed by atoms with Crippen LogP contribution in [0.2, 0.25) is 0 Å². The molecule has 1 aromatic heterocycles. The van der Waals surface area contributed by atoms with Crippen LogP contribution >= 0.6 is 0 Å². The normalized spacial score (nSPS) is 14.2. The van der Waals surface area contributed by atoms with Crippen molar-refractivity contribution in [1.29, 1.82) is 5.26 Å². The van der Waals surface area contributed by atoms with E-state index in [9.17, 15) is 22.8 Å². The molecule has 1 aliphatic heterocycles. The predicted octanol–water partition coefficient (Wildman–Crippen LogP) is 4.70. The lowest BCUT2D eigenvalue weighted by molar-refractivity contribution is -0.137. The van der Waals surface area contributed by atoms with E-state index in [1.807, 2.05) is 6.07 Å². The van der Waals surface area contributed by atoms with Crippen molar-refractivity contribution in [1.82, 2.24) is 25.0 Å². The largest absolute Gasteiger partial charge is 0.416 e. The maximum Gasteiger partial charge on any atom is 0.416 e. The average molecular weight is 495 g/mol. The van der Waals surface area contributed by atoms with Crippen molar-refractivity contribution in [3.05, 3.63) is 71.7 Å². The Hall–Kier alpha value is -4.66. The Bertz CT molecular complexity index is 1390. The highest BCUT2D eigenvalue weighted by atomic mass is 19.4. The zero-order chi connectivity index (χ0) is 26.0. The topological polar surface area (TPSA) is 107 Å². The van der Waals surface area contributed by atoms with Crippen molar-refractivity contribution in [3.63, 3.8) is 0 Å². The van der Waals surface area contributed by atoms with Gasteiger partial charge in [0.05, 0.1) is 35.1 Å². The van der Waals surface area contributed by atoms with E-state index >= 15 is 0 Å². The molecule has 1 N–H and O–H groups in total. The van der Waals surface area contributed by atoms with Gasteiger partial charge < -0.3 is 5.32 Å². The van der Waals surface area contributed by atoms with Crippen LogP contribution in [0.15, 0.2) is 60.6 Å². The first-order chi connectivity index (χ1) is 17.2. The van der Waals surface area contributed by atoms with Gasteiger partial charge in [-0.25, -0.2) is 14.5 Å². The second kappa shape index (κ2) is 9.53. The molecule has 0 spiro atoms. The molecule has 0 saturated carbocycles. The van der Waals surface area contributed by atoms with Gasteiger partial charge in [0, 0.05) is 17.8 Å². The summed E-state index contributed by atoms with van der Waals surface area (Å²) in [6, 6.07) is 11.4. The number of allylic oxidation sites excluding steroid dienone is 1. The molecule has 184 valence electrons. The molecule has 4 rings (SSSR count). The quantitative estimate of drug-likeness (QED) is 0.565. The summed E-state index contributed by atoms with van der Waals surface area (Å²) in [6.07, 6.45) is -3.23. The number of benzene rings is 2. The number of anilines is 1. The smallest absolute Gasteiger partial charge is 0.338 e. The second-order valence-electron chi connectivity index (χ2n) is 7.83. The number of carbonyl (C=O) groups is 2. The zero-order valence-corrected chi connectivity index (χ0v) is 19.2. The molecule has 1 aliphatic rings. The lowest BCUT2D eigenvalue weighted by atomic mass is 10.1. The highest BCUT2D eigenvalue weighted by molar-refractivity contribution is 6.07. The number of alkyl halides is 3. The van der Waals surface area contributed by atoms with E-state index in [2.05, 4.69) is 15.5 Å². The van der Waals surface area contributed by atoms with Crippen LogP contribution in [0.4, 0.5) is 28.4 Å². The molecule has 3 aromatic rings. The van der Waals surface area contributed by atoms with Gasteiger partial charge >= 0.3 is 18.2 Å². The molecule has 2 heterocycles. The van der Waals surface area contributed by atoms with Crippen molar-refractivity contribution in [2.45, 2.75) is 20.0 Å². The number of nitrogens with one attached hydrogen (secondary N) is 1. The van der Waals surface area contributed by atoms with Crippen LogP contribution in [0.5, 0.6) is 0 Å².